The Hall–Kier alpha value is -1.27. The van der Waals surface area contributed by atoms with Gasteiger partial charge >= 0.3 is 0 Å². The van der Waals surface area contributed by atoms with Crippen LogP contribution in [-0.2, 0) is 13.5 Å². The fraction of sp³-hybridized carbons (Fsp3) is 0.583. The van der Waals surface area contributed by atoms with Crippen molar-refractivity contribution >= 4 is 0 Å². The van der Waals surface area contributed by atoms with Crippen LogP contribution in [0.4, 0.5) is 0 Å². The minimum Gasteiger partial charge on any atom is -0.324 e. The highest BCUT2D eigenvalue weighted by molar-refractivity contribution is 5.20. The number of nitrogens with two attached hydrogens (primary N) is 1. The average Bonchev–Trinajstić information content (AvgIpc) is 2.60. The SMILES string of the molecule is C#CCCCC(N)c1cn(C)nc1CC. The minimum absolute atomic E-state index is 0.0713. The number of hydrogen-bond acceptors (Lipinski definition) is 2. The Labute approximate surface area is 91.7 Å². The van der Waals surface area contributed by atoms with Crippen molar-refractivity contribution in [3.8, 4) is 12.3 Å². The highest BCUT2D eigenvalue weighted by atomic mass is 15.3. The van der Waals surface area contributed by atoms with Gasteiger partial charge in [0.25, 0.3) is 0 Å². The first-order chi connectivity index (χ1) is 7.19. The minimum atomic E-state index is 0.0713. The van der Waals surface area contributed by atoms with Gasteiger partial charge in [-0.3, -0.25) is 4.68 Å². The van der Waals surface area contributed by atoms with Gasteiger partial charge < -0.3 is 5.73 Å². The van der Waals surface area contributed by atoms with Crippen molar-refractivity contribution in [2.24, 2.45) is 12.8 Å². The fourth-order valence-corrected chi connectivity index (χ4v) is 1.72. The van der Waals surface area contributed by atoms with Crippen LogP contribution in [0.5, 0.6) is 0 Å². The number of hydrogen-bond donors (Lipinski definition) is 1. The van der Waals surface area contributed by atoms with Crippen molar-refractivity contribution in [1.29, 1.82) is 0 Å². The van der Waals surface area contributed by atoms with Crippen molar-refractivity contribution in [3.05, 3.63) is 17.5 Å². The molecule has 15 heavy (non-hydrogen) atoms. The van der Waals surface area contributed by atoms with Gasteiger partial charge in [-0.25, -0.2) is 0 Å². The largest absolute Gasteiger partial charge is 0.324 e. The maximum absolute atomic E-state index is 6.10. The molecule has 1 atom stereocenters. The number of rotatable bonds is 5. The van der Waals surface area contributed by atoms with Crippen LogP contribution < -0.4 is 5.73 Å². The van der Waals surface area contributed by atoms with E-state index >= 15 is 0 Å². The first-order valence-electron chi connectivity index (χ1n) is 5.40. The van der Waals surface area contributed by atoms with E-state index in [4.69, 9.17) is 12.2 Å². The molecular formula is C12H19N3. The van der Waals surface area contributed by atoms with E-state index in [1.54, 1.807) is 0 Å². The van der Waals surface area contributed by atoms with Crippen LogP contribution in [0.25, 0.3) is 0 Å². The summed E-state index contributed by atoms with van der Waals surface area (Å²) in [5.41, 5.74) is 8.37. The first-order valence-corrected chi connectivity index (χ1v) is 5.40. The Bertz CT molecular complexity index is 346. The van der Waals surface area contributed by atoms with Crippen LogP contribution in [0.15, 0.2) is 6.20 Å². The van der Waals surface area contributed by atoms with E-state index in [0.717, 1.165) is 36.9 Å². The van der Waals surface area contributed by atoms with Gasteiger partial charge in [-0.2, -0.15) is 5.10 Å². The van der Waals surface area contributed by atoms with Gasteiger partial charge in [0.2, 0.25) is 0 Å². The summed E-state index contributed by atoms with van der Waals surface area (Å²) >= 11 is 0. The molecule has 3 nitrogen and oxygen atoms in total. The van der Waals surface area contributed by atoms with Crippen LogP contribution in [0.3, 0.4) is 0 Å². The molecule has 3 heteroatoms. The third-order valence-electron chi connectivity index (χ3n) is 2.51. The van der Waals surface area contributed by atoms with Gasteiger partial charge in [0, 0.05) is 31.3 Å². The Kier molecular flexibility index (Phi) is 4.38. The highest BCUT2D eigenvalue weighted by Crippen LogP contribution is 2.20. The zero-order valence-electron chi connectivity index (χ0n) is 9.53. The quantitative estimate of drug-likeness (QED) is 0.588. The third kappa shape index (κ3) is 3.10. The Morgan fingerprint density at radius 2 is 2.40 bits per heavy atom. The number of unbranched alkanes of at least 4 members (excludes halogenated alkanes) is 1. The lowest BCUT2D eigenvalue weighted by Crippen LogP contribution is -2.11. The molecule has 0 aliphatic rings. The van der Waals surface area contributed by atoms with E-state index in [-0.39, 0.29) is 6.04 Å². The molecule has 0 aromatic carbocycles. The normalized spacial score (nSPS) is 12.4. The average molecular weight is 205 g/mol. The van der Waals surface area contributed by atoms with Gasteiger partial charge in [-0.15, -0.1) is 12.3 Å². The lowest BCUT2D eigenvalue weighted by molar-refractivity contribution is 0.616. The van der Waals surface area contributed by atoms with Crippen molar-refractivity contribution < 1.29 is 0 Å². The molecule has 1 aromatic heterocycles. The molecule has 0 saturated carbocycles. The molecule has 0 amide bonds. The summed E-state index contributed by atoms with van der Waals surface area (Å²) in [6.07, 6.45) is 10.9. The van der Waals surface area contributed by atoms with E-state index in [1.807, 2.05) is 17.9 Å². The first kappa shape index (κ1) is 11.8. The van der Waals surface area contributed by atoms with E-state index < -0.39 is 0 Å². The second-order valence-electron chi connectivity index (χ2n) is 3.76. The molecule has 1 heterocycles. The topological polar surface area (TPSA) is 43.8 Å². The number of aromatic nitrogens is 2. The van der Waals surface area contributed by atoms with Crippen molar-refractivity contribution in [3.63, 3.8) is 0 Å². The maximum Gasteiger partial charge on any atom is 0.0669 e. The lowest BCUT2D eigenvalue weighted by Gasteiger charge is -2.09. The second-order valence-corrected chi connectivity index (χ2v) is 3.76. The van der Waals surface area contributed by atoms with Gasteiger partial charge in [0.05, 0.1) is 5.69 Å². The van der Waals surface area contributed by atoms with Crippen LogP contribution in [0, 0.1) is 12.3 Å². The molecule has 0 radical (unpaired) electrons. The van der Waals surface area contributed by atoms with Crippen LogP contribution >= 0.6 is 0 Å². The second kappa shape index (κ2) is 5.57. The summed E-state index contributed by atoms with van der Waals surface area (Å²) in [5, 5.41) is 4.37. The Balaban J connectivity index is 2.64. The van der Waals surface area contributed by atoms with Crippen LogP contribution in [-0.4, -0.2) is 9.78 Å². The maximum atomic E-state index is 6.10. The molecule has 1 rings (SSSR count). The summed E-state index contributed by atoms with van der Waals surface area (Å²) in [4.78, 5) is 0. The molecule has 0 spiro atoms. The Morgan fingerprint density at radius 1 is 1.67 bits per heavy atom. The number of aryl methyl sites for hydroxylation is 2. The van der Waals surface area contributed by atoms with E-state index in [1.165, 1.54) is 0 Å². The predicted molar refractivity (Wildman–Crippen MR) is 62.2 cm³/mol. The molecular weight excluding hydrogens is 186 g/mol. The molecule has 1 aromatic rings. The molecule has 0 bridgehead atoms. The van der Waals surface area contributed by atoms with Gasteiger partial charge in [0.1, 0.15) is 0 Å². The van der Waals surface area contributed by atoms with Crippen LogP contribution in [0.2, 0.25) is 0 Å². The van der Waals surface area contributed by atoms with E-state index in [2.05, 4.69) is 17.9 Å². The summed E-state index contributed by atoms with van der Waals surface area (Å²) < 4.78 is 1.83. The van der Waals surface area contributed by atoms with Gasteiger partial charge in [0.15, 0.2) is 0 Å². The standard InChI is InChI=1S/C12H19N3/c1-4-6-7-8-11(13)10-9-15(3)14-12(10)5-2/h1,9,11H,5-8,13H2,2-3H3. The van der Waals surface area contributed by atoms with Gasteiger partial charge in [-0.1, -0.05) is 6.92 Å². The van der Waals surface area contributed by atoms with Crippen molar-refractivity contribution in [2.75, 3.05) is 0 Å². The van der Waals surface area contributed by atoms with E-state index in [0.29, 0.717) is 0 Å². The summed E-state index contributed by atoms with van der Waals surface area (Å²) in [6, 6.07) is 0.0713. The zero-order valence-corrected chi connectivity index (χ0v) is 9.53. The zero-order chi connectivity index (χ0) is 11.3. The highest BCUT2D eigenvalue weighted by Gasteiger charge is 2.13. The smallest absolute Gasteiger partial charge is 0.0669 e. The number of terminal acetylenes is 1. The molecule has 82 valence electrons. The molecule has 0 fully saturated rings. The Morgan fingerprint density at radius 3 is 3.00 bits per heavy atom. The van der Waals surface area contributed by atoms with Crippen LogP contribution in [0.1, 0.15) is 43.5 Å². The van der Waals surface area contributed by atoms with E-state index in [9.17, 15) is 0 Å². The summed E-state index contributed by atoms with van der Waals surface area (Å²) in [7, 11) is 1.93. The number of nitrogens with zero attached hydrogens (tertiary/aromatic N) is 2. The van der Waals surface area contributed by atoms with Crippen molar-refractivity contribution in [1.82, 2.24) is 9.78 Å². The van der Waals surface area contributed by atoms with Gasteiger partial charge in [-0.05, 0) is 19.3 Å². The third-order valence-corrected chi connectivity index (χ3v) is 2.51. The molecule has 2 N–H and O–H groups in total. The molecule has 0 aliphatic heterocycles. The summed E-state index contributed by atoms with van der Waals surface area (Å²) in [5.74, 6) is 2.63. The molecule has 1 unspecified atom stereocenters. The monoisotopic (exact) mass is 205 g/mol. The predicted octanol–water partition coefficient (Wildman–Crippen LogP) is 1.79. The molecule has 0 saturated heterocycles. The molecule has 0 aliphatic carbocycles. The summed E-state index contributed by atoms with van der Waals surface area (Å²) in [6.45, 7) is 2.10. The van der Waals surface area contributed by atoms with Crippen molar-refractivity contribution in [2.45, 2.75) is 38.6 Å². The lowest BCUT2D eigenvalue weighted by atomic mass is 10.0. The fourth-order valence-electron chi connectivity index (χ4n) is 1.72.